The molecule has 2 unspecified atom stereocenters. The van der Waals surface area contributed by atoms with Crippen LogP contribution in [-0.2, 0) is 16.0 Å². The van der Waals surface area contributed by atoms with Crippen molar-refractivity contribution in [2.75, 3.05) is 6.54 Å². The van der Waals surface area contributed by atoms with Gasteiger partial charge >= 0.3 is 0 Å². The van der Waals surface area contributed by atoms with Crippen molar-refractivity contribution in [1.29, 1.82) is 0 Å². The maximum Gasteiger partial charge on any atom is 0.246 e. The number of carbonyl (C=O) groups excluding carboxylic acids is 2. The van der Waals surface area contributed by atoms with Gasteiger partial charge in [0.1, 0.15) is 12.1 Å². The van der Waals surface area contributed by atoms with Gasteiger partial charge in [-0.3, -0.25) is 9.59 Å². The minimum atomic E-state index is -0.437. The number of carbonyl (C=O) groups is 2. The monoisotopic (exact) mass is 284 g/mol. The standard InChI is InChI=1S/C17H20N2O2/c1-2-10-19-14(11-12-6-4-3-5-7-12)16(20)18-15(17(19)21)13-8-9-13/h2-7,13-15H,1,8-11H2,(H,18,20). The third kappa shape index (κ3) is 2.84. The molecule has 1 aliphatic carbocycles. The first-order valence-corrected chi connectivity index (χ1v) is 7.46. The first kappa shape index (κ1) is 13.9. The Morgan fingerprint density at radius 2 is 1.95 bits per heavy atom. The van der Waals surface area contributed by atoms with Crippen molar-refractivity contribution in [3.8, 4) is 0 Å². The second kappa shape index (κ2) is 5.72. The molecule has 1 saturated carbocycles. The van der Waals surface area contributed by atoms with Gasteiger partial charge in [0.15, 0.2) is 0 Å². The molecule has 110 valence electrons. The van der Waals surface area contributed by atoms with Crippen molar-refractivity contribution in [3.05, 3.63) is 48.6 Å². The summed E-state index contributed by atoms with van der Waals surface area (Å²) >= 11 is 0. The molecular weight excluding hydrogens is 264 g/mol. The van der Waals surface area contributed by atoms with Gasteiger partial charge < -0.3 is 10.2 Å². The largest absolute Gasteiger partial charge is 0.342 e. The number of benzene rings is 1. The van der Waals surface area contributed by atoms with Crippen molar-refractivity contribution in [3.63, 3.8) is 0 Å². The van der Waals surface area contributed by atoms with Gasteiger partial charge in [0, 0.05) is 13.0 Å². The highest BCUT2D eigenvalue weighted by Crippen LogP contribution is 2.35. The minimum absolute atomic E-state index is 0.0398. The van der Waals surface area contributed by atoms with Crippen LogP contribution in [0.25, 0.3) is 0 Å². The van der Waals surface area contributed by atoms with Gasteiger partial charge in [-0.2, -0.15) is 0 Å². The van der Waals surface area contributed by atoms with E-state index in [2.05, 4.69) is 11.9 Å². The molecule has 4 heteroatoms. The number of nitrogens with zero attached hydrogens (tertiary/aromatic N) is 1. The van der Waals surface area contributed by atoms with Gasteiger partial charge in [0.05, 0.1) is 0 Å². The summed E-state index contributed by atoms with van der Waals surface area (Å²) in [6.45, 7) is 4.14. The quantitative estimate of drug-likeness (QED) is 0.833. The summed E-state index contributed by atoms with van der Waals surface area (Å²) in [5.41, 5.74) is 1.06. The van der Waals surface area contributed by atoms with E-state index in [-0.39, 0.29) is 17.9 Å². The summed E-state index contributed by atoms with van der Waals surface area (Å²) in [6.07, 6.45) is 4.30. The third-order valence-corrected chi connectivity index (χ3v) is 4.22. The normalized spacial score (nSPS) is 25.6. The highest BCUT2D eigenvalue weighted by atomic mass is 16.2. The lowest BCUT2D eigenvalue weighted by atomic mass is 9.98. The minimum Gasteiger partial charge on any atom is -0.342 e. The van der Waals surface area contributed by atoms with E-state index in [1.807, 2.05) is 30.3 Å². The summed E-state index contributed by atoms with van der Waals surface area (Å²) in [6, 6.07) is 9.04. The first-order chi connectivity index (χ1) is 10.2. The van der Waals surface area contributed by atoms with Crippen LogP contribution in [0.2, 0.25) is 0 Å². The van der Waals surface area contributed by atoms with Crippen LogP contribution >= 0.6 is 0 Å². The van der Waals surface area contributed by atoms with Crippen LogP contribution < -0.4 is 5.32 Å². The molecule has 1 heterocycles. The molecule has 2 aliphatic rings. The smallest absolute Gasteiger partial charge is 0.246 e. The number of hydrogen-bond acceptors (Lipinski definition) is 2. The second-order valence-electron chi connectivity index (χ2n) is 5.81. The van der Waals surface area contributed by atoms with Gasteiger partial charge in [-0.15, -0.1) is 6.58 Å². The number of nitrogens with one attached hydrogen (secondary N) is 1. The van der Waals surface area contributed by atoms with Crippen LogP contribution in [0.3, 0.4) is 0 Å². The molecule has 1 aliphatic heterocycles. The van der Waals surface area contributed by atoms with Crippen LogP contribution in [0.15, 0.2) is 43.0 Å². The van der Waals surface area contributed by atoms with E-state index in [0.29, 0.717) is 18.9 Å². The summed E-state index contributed by atoms with van der Waals surface area (Å²) < 4.78 is 0. The zero-order valence-electron chi connectivity index (χ0n) is 12.0. The SMILES string of the molecule is C=CCN1C(=O)C(C2CC2)NC(=O)C1Cc1ccccc1. The number of piperazine rings is 1. The molecule has 1 saturated heterocycles. The van der Waals surface area contributed by atoms with Gasteiger partial charge in [0.2, 0.25) is 11.8 Å². The molecule has 4 nitrogen and oxygen atoms in total. The number of rotatable bonds is 5. The molecule has 0 spiro atoms. The van der Waals surface area contributed by atoms with Crippen LogP contribution in [0.5, 0.6) is 0 Å². The molecule has 0 bridgehead atoms. The van der Waals surface area contributed by atoms with Crippen LogP contribution in [0.4, 0.5) is 0 Å². The zero-order chi connectivity index (χ0) is 14.8. The molecule has 2 fully saturated rings. The Morgan fingerprint density at radius 1 is 1.24 bits per heavy atom. The van der Waals surface area contributed by atoms with E-state index >= 15 is 0 Å². The summed E-state index contributed by atoms with van der Waals surface area (Å²) in [5.74, 6) is 0.321. The predicted octanol–water partition coefficient (Wildman–Crippen LogP) is 1.52. The second-order valence-corrected chi connectivity index (χ2v) is 5.81. The fraction of sp³-hybridized carbons (Fsp3) is 0.412. The molecule has 1 N–H and O–H groups in total. The Bertz CT molecular complexity index is 551. The Morgan fingerprint density at radius 3 is 2.57 bits per heavy atom. The van der Waals surface area contributed by atoms with E-state index in [1.54, 1.807) is 11.0 Å². The number of hydrogen-bond donors (Lipinski definition) is 1. The highest BCUT2D eigenvalue weighted by molar-refractivity contribution is 5.97. The Hall–Kier alpha value is -2.10. The van der Waals surface area contributed by atoms with Crippen molar-refractivity contribution in [2.45, 2.75) is 31.3 Å². The topological polar surface area (TPSA) is 49.4 Å². The van der Waals surface area contributed by atoms with Crippen LogP contribution in [0, 0.1) is 5.92 Å². The van der Waals surface area contributed by atoms with Crippen molar-refractivity contribution < 1.29 is 9.59 Å². The molecule has 21 heavy (non-hydrogen) atoms. The van der Waals surface area contributed by atoms with E-state index in [0.717, 1.165) is 18.4 Å². The lowest BCUT2D eigenvalue weighted by Gasteiger charge is -2.38. The lowest BCUT2D eigenvalue weighted by Crippen LogP contribution is -2.64. The van der Waals surface area contributed by atoms with E-state index in [9.17, 15) is 9.59 Å². The fourth-order valence-electron chi connectivity index (χ4n) is 2.93. The Labute approximate surface area is 124 Å². The highest BCUT2D eigenvalue weighted by Gasteiger charge is 2.46. The van der Waals surface area contributed by atoms with Crippen molar-refractivity contribution in [1.82, 2.24) is 10.2 Å². The van der Waals surface area contributed by atoms with Gasteiger partial charge in [-0.05, 0) is 24.3 Å². The average Bonchev–Trinajstić information content (AvgIpc) is 3.32. The first-order valence-electron chi connectivity index (χ1n) is 7.46. The molecule has 2 amide bonds. The summed E-state index contributed by atoms with van der Waals surface area (Å²) in [5, 5.41) is 2.92. The fourth-order valence-corrected chi connectivity index (χ4v) is 2.93. The van der Waals surface area contributed by atoms with E-state index in [4.69, 9.17) is 0 Å². The molecule has 1 aromatic rings. The average molecular weight is 284 g/mol. The molecule has 1 aromatic carbocycles. The number of amides is 2. The molecule has 0 aromatic heterocycles. The van der Waals surface area contributed by atoms with Gasteiger partial charge in [0.25, 0.3) is 0 Å². The Balaban J connectivity index is 1.81. The summed E-state index contributed by atoms with van der Waals surface area (Å²) in [4.78, 5) is 26.7. The third-order valence-electron chi connectivity index (χ3n) is 4.22. The zero-order valence-corrected chi connectivity index (χ0v) is 12.0. The van der Waals surface area contributed by atoms with Crippen molar-refractivity contribution >= 4 is 11.8 Å². The summed E-state index contributed by atoms with van der Waals surface area (Å²) in [7, 11) is 0. The molecule has 0 radical (unpaired) electrons. The van der Waals surface area contributed by atoms with Gasteiger partial charge in [-0.1, -0.05) is 36.4 Å². The molecule has 2 atom stereocenters. The molecular formula is C17H20N2O2. The predicted molar refractivity (Wildman–Crippen MR) is 80.5 cm³/mol. The lowest BCUT2D eigenvalue weighted by molar-refractivity contribution is -0.149. The van der Waals surface area contributed by atoms with E-state index in [1.165, 1.54) is 0 Å². The maximum atomic E-state index is 12.6. The Kier molecular flexibility index (Phi) is 3.78. The van der Waals surface area contributed by atoms with Gasteiger partial charge in [-0.25, -0.2) is 0 Å². The molecule has 3 rings (SSSR count). The maximum absolute atomic E-state index is 12.6. The van der Waals surface area contributed by atoms with Crippen molar-refractivity contribution in [2.24, 2.45) is 5.92 Å². The van der Waals surface area contributed by atoms with Crippen LogP contribution in [-0.4, -0.2) is 35.3 Å². The van der Waals surface area contributed by atoms with Crippen LogP contribution in [0.1, 0.15) is 18.4 Å². The van der Waals surface area contributed by atoms with E-state index < -0.39 is 6.04 Å².